The highest BCUT2D eigenvalue weighted by molar-refractivity contribution is 6.30. The molecule has 1 aromatic heterocycles. The maximum atomic E-state index is 12.7. The largest absolute Gasteiger partial charge is 0.469 e. The standard InChI is InChI=1S/C10H10ClF2NO2/c1-5-3-6(10(12)13)7(14-9(5)11)4-8(15)16-2/h3,10H,4H2,1-2H3. The number of ether oxygens (including phenoxy) is 1. The molecule has 0 aliphatic carbocycles. The van der Waals surface area contributed by atoms with E-state index in [1.165, 1.54) is 13.2 Å². The Bertz CT molecular complexity index is 410. The first-order valence-electron chi connectivity index (χ1n) is 4.46. The molecule has 0 aliphatic heterocycles. The van der Waals surface area contributed by atoms with Crippen molar-refractivity contribution in [2.24, 2.45) is 0 Å². The molecule has 88 valence electrons. The first-order valence-corrected chi connectivity index (χ1v) is 4.84. The number of alkyl halides is 2. The van der Waals surface area contributed by atoms with E-state index in [0.29, 0.717) is 5.56 Å². The number of carbonyl (C=O) groups is 1. The molecule has 16 heavy (non-hydrogen) atoms. The number of methoxy groups -OCH3 is 1. The molecule has 0 saturated heterocycles. The monoisotopic (exact) mass is 249 g/mol. The third-order valence-corrected chi connectivity index (χ3v) is 2.42. The van der Waals surface area contributed by atoms with Gasteiger partial charge in [-0.3, -0.25) is 4.79 Å². The predicted octanol–water partition coefficient (Wildman–Crippen LogP) is 2.70. The number of esters is 1. The average Bonchev–Trinajstić information content (AvgIpc) is 2.22. The van der Waals surface area contributed by atoms with Crippen LogP contribution in [0, 0.1) is 6.92 Å². The van der Waals surface area contributed by atoms with Gasteiger partial charge in [-0.25, -0.2) is 13.8 Å². The van der Waals surface area contributed by atoms with Crippen molar-refractivity contribution < 1.29 is 18.3 Å². The molecule has 0 N–H and O–H groups in total. The van der Waals surface area contributed by atoms with E-state index in [0.717, 1.165) is 0 Å². The number of aromatic nitrogens is 1. The minimum Gasteiger partial charge on any atom is -0.469 e. The zero-order valence-corrected chi connectivity index (χ0v) is 9.52. The van der Waals surface area contributed by atoms with Crippen molar-refractivity contribution in [3.63, 3.8) is 0 Å². The summed E-state index contributed by atoms with van der Waals surface area (Å²) in [5.41, 5.74) is 0.121. The van der Waals surface area contributed by atoms with Crippen LogP contribution in [0.2, 0.25) is 5.15 Å². The van der Waals surface area contributed by atoms with Crippen LogP contribution in [0.4, 0.5) is 8.78 Å². The fourth-order valence-electron chi connectivity index (χ4n) is 1.19. The summed E-state index contributed by atoms with van der Waals surface area (Å²) in [5, 5.41) is 0.114. The molecule has 0 bridgehead atoms. The fraction of sp³-hybridized carbons (Fsp3) is 0.400. The zero-order valence-electron chi connectivity index (χ0n) is 8.76. The predicted molar refractivity (Wildman–Crippen MR) is 54.7 cm³/mol. The lowest BCUT2D eigenvalue weighted by Gasteiger charge is -2.09. The van der Waals surface area contributed by atoms with E-state index >= 15 is 0 Å². The first kappa shape index (κ1) is 12.8. The van der Waals surface area contributed by atoms with Crippen molar-refractivity contribution in [3.05, 3.63) is 28.0 Å². The Morgan fingerprint density at radius 1 is 1.62 bits per heavy atom. The van der Waals surface area contributed by atoms with Crippen molar-refractivity contribution >= 4 is 17.6 Å². The van der Waals surface area contributed by atoms with Crippen LogP contribution < -0.4 is 0 Å². The van der Waals surface area contributed by atoms with Crippen LogP contribution in [-0.4, -0.2) is 18.1 Å². The van der Waals surface area contributed by atoms with Crippen molar-refractivity contribution in [1.29, 1.82) is 0 Å². The SMILES string of the molecule is COC(=O)Cc1nc(Cl)c(C)cc1C(F)F. The van der Waals surface area contributed by atoms with Gasteiger partial charge in [-0.1, -0.05) is 11.6 Å². The molecule has 6 heteroatoms. The number of hydrogen-bond acceptors (Lipinski definition) is 3. The third-order valence-electron chi connectivity index (χ3n) is 2.04. The minimum atomic E-state index is -2.69. The van der Waals surface area contributed by atoms with Gasteiger partial charge in [0.1, 0.15) is 5.15 Å². The van der Waals surface area contributed by atoms with Gasteiger partial charge in [0.2, 0.25) is 0 Å². The van der Waals surface area contributed by atoms with Gasteiger partial charge in [0.15, 0.2) is 0 Å². The molecule has 1 rings (SSSR count). The van der Waals surface area contributed by atoms with Crippen LogP contribution in [0.1, 0.15) is 23.2 Å². The van der Waals surface area contributed by atoms with Crippen LogP contribution in [0.3, 0.4) is 0 Å². The van der Waals surface area contributed by atoms with Crippen LogP contribution >= 0.6 is 11.6 Å². The molecule has 1 aromatic rings. The Labute approximate surface area is 96.4 Å². The molecule has 0 saturated carbocycles. The Morgan fingerprint density at radius 3 is 2.75 bits per heavy atom. The summed E-state index contributed by atoms with van der Waals surface area (Å²) in [4.78, 5) is 14.8. The Balaban J connectivity index is 3.14. The normalized spacial score (nSPS) is 10.6. The highest BCUT2D eigenvalue weighted by Crippen LogP contribution is 2.26. The molecule has 0 amide bonds. The number of aryl methyl sites for hydroxylation is 1. The molecule has 1 heterocycles. The van der Waals surface area contributed by atoms with E-state index in [9.17, 15) is 13.6 Å². The molecule has 3 nitrogen and oxygen atoms in total. The van der Waals surface area contributed by atoms with Crippen molar-refractivity contribution in [1.82, 2.24) is 4.98 Å². The number of hydrogen-bond donors (Lipinski definition) is 0. The molecule has 0 spiro atoms. The molecular weight excluding hydrogens is 240 g/mol. The zero-order chi connectivity index (χ0) is 12.3. The molecule has 0 aliphatic rings. The summed E-state index contributed by atoms with van der Waals surface area (Å²) < 4.78 is 29.7. The van der Waals surface area contributed by atoms with Crippen LogP contribution in [0.15, 0.2) is 6.07 Å². The lowest BCUT2D eigenvalue weighted by molar-refractivity contribution is -0.139. The van der Waals surface area contributed by atoms with Gasteiger partial charge >= 0.3 is 5.97 Å². The quantitative estimate of drug-likeness (QED) is 0.611. The van der Waals surface area contributed by atoms with Gasteiger partial charge < -0.3 is 4.74 Å². The van der Waals surface area contributed by atoms with Crippen molar-refractivity contribution in [2.75, 3.05) is 7.11 Å². The van der Waals surface area contributed by atoms with E-state index in [2.05, 4.69) is 9.72 Å². The number of rotatable bonds is 3. The maximum Gasteiger partial charge on any atom is 0.311 e. The van der Waals surface area contributed by atoms with Gasteiger partial charge in [0, 0.05) is 5.56 Å². The maximum absolute atomic E-state index is 12.7. The topological polar surface area (TPSA) is 39.2 Å². The second-order valence-electron chi connectivity index (χ2n) is 3.19. The lowest BCUT2D eigenvalue weighted by Crippen LogP contribution is -2.10. The minimum absolute atomic E-state index is 0.0440. The van der Waals surface area contributed by atoms with Gasteiger partial charge in [-0.2, -0.15) is 0 Å². The summed E-state index contributed by atoms with van der Waals surface area (Å²) in [5.74, 6) is -0.630. The highest BCUT2D eigenvalue weighted by atomic mass is 35.5. The smallest absolute Gasteiger partial charge is 0.311 e. The molecule has 0 atom stereocenters. The van der Waals surface area contributed by atoms with Gasteiger partial charge in [0.25, 0.3) is 6.43 Å². The summed E-state index contributed by atoms with van der Waals surface area (Å²) in [6.45, 7) is 1.57. The van der Waals surface area contributed by atoms with E-state index in [-0.39, 0.29) is 22.8 Å². The number of nitrogens with zero attached hydrogens (tertiary/aromatic N) is 1. The fourth-order valence-corrected chi connectivity index (χ4v) is 1.34. The molecular formula is C10H10ClF2NO2. The molecule has 0 aromatic carbocycles. The lowest BCUT2D eigenvalue weighted by atomic mass is 10.1. The van der Waals surface area contributed by atoms with E-state index in [1.54, 1.807) is 6.92 Å². The second kappa shape index (κ2) is 5.21. The highest BCUT2D eigenvalue weighted by Gasteiger charge is 2.18. The van der Waals surface area contributed by atoms with Crippen LogP contribution in [0.5, 0.6) is 0 Å². The Hall–Kier alpha value is -1.23. The average molecular weight is 250 g/mol. The van der Waals surface area contributed by atoms with E-state index < -0.39 is 12.4 Å². The molecule has 0 radical (unpaired) electrons. The number of carbonyl (C=O) groups excluding carboxylic acids is 1. The second-order valence-corrected chi connectivity index (χ2v) is 3.54. The first-order chi connectivity index (χ1) is 7.45. The van der Waals surface area contributed by atoms with Crippen molar-refractivity contribution in [3.8, 4) is 0 Å². The van der Waals surface area contributed by atoms with Gasteiger partial charge in [-0.05, 0) is 18.6 Å². The number of halogens is 3. The number of pyridine rings is 1. The van der Waals surface area contributed by atoms with Crippen molar-refractivity contribution in [2.45, 2.75) is 19.8 Å². The van der Waals surface area contributed by atoms with Crippen LogP contribution in [-0.2, 0) is 16.0 Å². The molecule has 0 unspecified atom stereocenters. The van der Waals surface area contributed by atoms with E-state index in [1.807, 2.05) is 0 Å². The van der Waals surface area contributed by atoms with Gasteiger partial charge in [0.05, 0.1) is 19.2 Å². The summed E-state index contributed by atoms with van der Waals surface area (Å²) in [6.07, 6.45) is -3.00. The third kappa shape index (κ3) is 2.88. The summed E-state index contributed by atoms with van der Waals surface area (Å²) in [6, 6.07) is 1.23. The summed E-state index contributed by atoms with van der Waals surface area (Å²) in [7, 11) is 1.18. The summed E-state index contributed by atoms with van der Waals surface area (Å²) >= 11 is 5.71. The Morgan fingerprint density at radius 2 is 2.25 bits per heavy atom. The molecule has 0 fully saturated rings. The Kier molecular flexibility index (Phi) is 4.18. The van der Waals surface area contributed by atoms with Crippen LogP contribution in [0.25, 0.3) is 0 Å². The van der Waals surface area contributed by atoms with Gasteiger partial charge in [-0.15, -0.1) is 0 Å². The van der Waals surface area contributed by atoms with E-state index in [4.69, 9.17) is 11.6 Å².